The molecule has 1 unspecified atom stereocenters. The fraction of sp³-hybridized carbons (Fsp3) is 0.182. The van der Waals surface area contributed by atoms with Gasteiger partial charge in [0.15, 0.2) is 0 Å². The number of hydrogen-bond donors (Lipinski definition) is 1. The lowest BCUT2D eigenvalue weighted by Gasteiger charge is -2.13. The number of nitrogens with zero attached hydrogens (tertiary/aromatic N) is 1. The second kappa shape index (κ2) is 5.68. The van der Waals surface area contributed by atoms with Crippen molar-refractivity contribution in [2.24, 2.45) is 5.73 Å². The molecule has 0 aliphatic carbocycles. The Morgan fingerprint density at radius 2 is 2.38 bits per heavy atom. The number of rotatable bonds is 4. The van der Waals surface area contributed by atoms with Crippen LogP contribution in [0.3, 0.4) is 0 Å². The van der Waals surface area contributed by atoms with Crippen LogP contribution in [0.15, 0.2) is 40.2 Å². The number of benzene rings is 1. The van der Waals surface area contributed by atoms with Gasteiger partial charge in [-0.1, -0.05) is 35.5 Å². The smallest absolute Gasteiger partial charge is 0.150 e. The summed E-state index contributed by atoms with van der Waals surface area (Å²) in [6.07, 6.45) is 1.80. The summed E-state index contributed by atoms with van der Waals surface area (Å²) < 4.78 is 1.04. The second-order valence-corrected chi connectivity index (χ2v) is 5.98. The zero-order chi connectivity index (χ0) is 11.4. The van der Waals surface area contributed by atoms with E-state index in [0.717, 1.165) is 14.9 Å². The molecule has 1 aromatic heterocycles. The van der Waals surface area contributed by atoms with Crippen molar-refractivity contribution in [1.82, 2.24) is 4.98 Å². The minimum atomic E-state index is 0.213. The maximum absolute atomic E-state index is 5.96. The molecule has 0 bridgehead atoms. The SMILES string of the molecule is NCC(Sc1nccs1)c1cccc(Cl)c1. The Morgan fingerprint density at radius 1 is 1.50 bits per heavy atom. The van der Waals surface area contributed by atoms with E-state index in [2.05, 4.69) is 4.98 Å². The number of aromatic nitrogens is 1. The fourth-order valence-corrected chi connectivity index (χ4v) is 3.39. The highest BCUT2D eigenvalue weighted by molar-refractivity contribution is 8.01. The van der Waals surface area contributed by atoms with Crippen LogP contribution in [0.25, 0.3) is 0 Å². The van der Waals surface area contributed by atoms with E-state index in [-0.39, 0.29) is 5.25 Å². The highest BCUT2D eigenvalue weighted by atomic mass is 35.5. The van der Waals surface area contributed by atoms with E-state index in [4.69, 9.17) is 17.3 Å². The van der Waals surface area contributed by atoms with Crippen molar-refractivity contribution in [2.45, 2.75) is 9.59 Å². The number of thioether (sulfide) groups is 1. The first-order valence-electron chi connectivity index (χ1n) is 4.81. The molecule has 0 aliphatic rings. The Bertz CT molecular complexity index is 445. The van der Waals surface area contributed by atoms with E-state index in [1.807, 2.05) is 29.6 Å². The molecule has 0 aliphatic heterocycles. The Morgan fingerprint density at radius 3 is 3.00 bits per heavy atom. The lowest BCUT2D eigenvalue weighted by Crippen LogP contribution is -2.09. The van der Waals surface area contributed by atoms with Gasteiger partial charge < -0.3 is 5.73 Å². The van der Waals surface area contributed by atoms with E-state index >= 15 is 0 Å². The van der Waals surface area contributed by atoms with Crippen LogP contribution in [0.5, 0.6) is 0 Å². The van der Waals surface area contributed by atoms with Crippen LogP contribution < -0.4 is 5.73 Å². The molecule has 2 rings (SSSR count). The van der Waals surface area contributed by atoms with Crippen LogP contribution in [0, 0.1) is 0 Å². The zero-order valence-corrected chi connectivity index (χ0v) is 10.9. The third-order valence-corrected chi connectivity index (χ3v) is 4.52. The molecule has 1 atom stereocenters. The third kappa shape index (κ3) is 2.98. The number of nitrogens with two attached hydrogens (primary N) is 1. The Hall–Kier alpha value is -0.550. The average Bonchev–Trinajstić information content (AvgIpc) is 2.78. The minimum Gasteiger partial charge on any atom is -0.329 e. The van der Waals surface area contributed by atoms with Gasteiger partial charge in [0.2, 0.25) is 0 Å². The molecular formula is C11H11ClN2S2. The molecule has 16 heavy (non-hydrogen) atoms. The predicted molar refractivity (Wildman–Crippen MR) is 71.2 cm³/mol. The van der Waals surface area contributed by atoms with Gasteiger partial charge in [0, 0.05) is 28.4 Å². The minimum absolute atomic E-state index is 0.213. The Balaban J connectivity index is 2.16. The lowest BCUT2D eigenvalue weighted by atomic mass is 10.1. The molecule has 0 spiro atoms. The molecule has 0 fully saturated rings. The van der Waals surface area contributed by atoms with Gasteiger partial charge in [0.05, 0.1) is 0 Å². The average molecular weight is 271 g/mol. The molecular weight excluding hydrogens is 260 g/mol. The van der Waals surface area contributed by atoms with Crippen molar-refractivity contribution in [1.29, 1.82) is 0 Å². The van der Waals surface area contributed by atoms with Crippen molar-refractivity contribution in [3.8, 4) is 0 Å². The maximum Gasteiger partial charge on any atom is 0.150 e. The molecule has 2 nitrogen and oxygen atoms in total. The number of halogens is 1. The predicted octanol–water partition coefficient (Wildman–Crippen LogP) is 3.59. The molecule has 84 valence electrons. The van der Waals surface area contributed by atoms with Gasteiger partial charge in [-0.3, -0.25) is 0 Å². The van der Waals surface area contributed by atoms with E-state index in [1.54, 1.807) is 29.3 Å². The number of hydrogen-bond acceptors (Lipinski definition) is 4. The van der Waals surface area contributed by atoms with Gasteiger partial charge in [0.1, 0.15) is 4.34 Å². The van der Waals surface area contributed by atoms with E-state index in [0.29, 0.717) is 6.54 Å². The molecule has 2 aromatic rings. The van der Waals surface area contributed by atoms with Crippen molar-refractivity contribution in [3.05, 3.63) is 46.4 Å². The number of thiazole rings is 1. The first-order chi connectivity index (χ1) is 7.79. The molecule has 2 N–H and O–H groups in total. The highest BCUT2D eigenvalue weighted by Crippen LogP contribution is 2.35. The summed E-state index contributed by atoms with van der Waals surface area (Å²) in [5, 5.41) is 2.92. The van der Waals surface area contributed by atoms with Gasteiger partial charge in [-0.05, 0) is 17.7 Å². The topological polar surface area (TPSA) is 38.9 Å². The van der Waals surface area contributed by atoms with Crippen LogP contribution in [0.1, 0.15) is 10.8 Å². The standard InChI is InChI=1S/C11H11ClN2S2/c12-9-3-1-2-8(6-9)10(7-13)16-11-14-4-5-15-11/h1-6,10H,7,13H2. The summed E-state index contributed by atoms with van der Waals surface area (Å²) in [5.74, 6) is 0. The molecule has 5 heteroatoms. The quantitative estimate of drug-likeness (QED) is 0.863. The van der Waals surface area contributed by atoms with Gasteiger partial charge in [-0.15, -0.1) is 11.3 Å². The molecule has 0 amide bonds. The van der Waals surface area contributed by atoms with Crippen LogP contribution >= 0.6 is 34.7 Å². The van der Waals surface area contributed by atoms with Crippen molar-refractivity contribution >= 4 is 34.7 Å². The molecule has 0 saturated heterocycles. The summed E-state index contributed by atoms with van der Waals surface area (Å²) >= 11 is 9.27. The largest absolute Gasteiger partial charge is 0.329 e. The van der Waals surface area contributed by atoms with E-state index < -0.39 is 0 Å². The van der Waals surface area contributed by atoms with Crippen LogP contribution in [-0.2, 0) is 0 Å². The Labute approximate surface area is 108 Å². The highest BCUT2D eigenvalue weighted by Gasteiger charge is 2.12. The summed E-state index contributed by atoms with van der Waals surface area (Å²) in [6, 6.07) is 7.82. The van der Waals surface area contributed by atoms with Crippen LogP contribution in [0.2, 0.25) is 5.02 Å². The van der Waals surface area contributed by atoms with Gasteiger partial charge in [0.25, 0.3) is 0 Å². The lowest BCUT2D eigenvalue weighted by molar-refractivity contribution is 0.939. The third-order valence-electron chi connectivity index (χ3n) is 2.09. The molecule has 1 heterocycles. The second-order valence-electron chi connectivity index (χ2n) is 3.20. The summed E-state index contributed by atoms with van der Waals surface area (Å²) in [4.78, 5) is 4.24. The first-order valence-corrected chi connectivity index (χ1v) is 6.95. The van der Waals surface area contributed by atoms with E-state index in [9.17, 15) is 0 Å². The molecule has 0 radical (unpaired) electrons. The monoisotopic (exact) mass is 270 g/mol. The first kappa shape index (κ1) is 11.9. The van der Waals surface area contributed by atoms with Gasteiger partial charge in [-0.2, -0.15) is 0 Å². The van der Waals surface area contributed by atoms with Gasteiger partial charge >= 0.3 is 0 Å². The molecule has 1 aromatic carbocycles. The van der Waals surface area contributed by atoms with Crippen LogP contribution in [-0.4, -0.2) is 11.5 Å². The van der Waals surface area contributed by atoms with Crippen molar-refractivity contribution in [3.63, 3.8) is 0 Å². The van der Waals surface area contributed by atoms with Crippen LogP contribution in [0.4, 0.5) is 0 Å². The zero-order valence-electron chi connectivity index (χ0n) is 8.47. The fourth-order valence-electron chi connectivity index (χ4n) is 1.35. The summed E-state index contributed by atoms with van der Waals surface area (Å²) in [6.45, 7) is 0.574. The molecule has 0 saturated carbocycles. The summed E-state index contributed by atoms with van der Waals surface area (Å²) in [5.41, 5.74) is 6.93. The van der Waals surface area contributed by atoms with Crippen molar-refractivity contribution in [2.75, 3.05) is 6.54 Å². The maximum atomic E-state index is 5.96. The Kier molecular flexibility index (Phi) is 4.23. The summed E-state index contributed by atoms with van der Waals surface area (Å²) in [7, 11) is 0. The van der Waals surface area contributed by atoms with Crippen molar-refractivity contribution < 1.29 is 0 Å². The van der Waals surface area contributed by atoms with Gasteiger partial charge in [-0.25, -0.2) is 4.98 Å². The normalized spacial score (nSPS) is 12.6. The van der Waals surface area contributed by atoms with E-state index in [1.165, 1.54) is 0 Å².